The molecule has 3 rings (SSSR count). The summed E-state index contributed by atoms with van der Waals surface area (Å²) in [7, 11) is 3.53. The number of hydrogen-bond donors (Lipinski definition) is 2. The summed E-state index contributed by atoms with van der Waals surface area (Å²) in [5.74, 6) is -0.116. The number of rotatable bonds is 2. The molecule has 2 saturated heterocycles. The van der Waals surface area contributed by atoms with Crippen molar-refractivity contribution in [1.29, 1.82) is 0 Å². The van der Waals surface area contributed by atoms with Crippen LogP contribution >= 0.6 is 0 Å². The Morgan fingerprint density at radius 2 is 2.24 bits per heavy atom. The Balaban J connectivity index is 1.58. The Kier molecular flexibility index (Phi) is 3.42. The van der Waals surface area contributed by atoms with Crippen LogP contribution < -0.4 is 5.32 Å². The lowest BCUT2D eigenvalue weighted by Gasteiger charge is -2.54. The number of H-pyrrole nitrogens is 1. The topological polar surface area (TPSA) is 90.6 Å². The Bertz CT molecular complexity index is 538. The lowest BCUT2D eigenvalue weighted by Crippen LogP contribution is -2.73. The number of likely N-dealkylation sites (tertiary alicyclic amines) is 1. The Hall–Kier alpha value is -1.93. The molecule has 2 fully saturated rings. The van der Waals surface area contributed by atoms with Crippen LogP contribution in [-0.2, 0) is 9.53 Å². The zero-order valence-electron chi connectivity index (χ0n) is 12.1. The lowest BCUT2D eigenvalue weighted by atomic mass is 9.90. The summed E-state index contributed by atoms with van der Waals surface area (Å²) in [6, 6.07) is 1.39. The van der Waals surface area contributed by atoms with E-state index < -0.39 is 0 Å². The minimum atomic E-state index is -0.352. The molecule has 1 aromatic heterocycles. The van der Waals surface area contributed by atoms with Crippen molar-refractivity contribution in [3.8, 4) is 0 Å². The maximum atomic E-state index is 12.1. The molecule has 2 amide bonds. The van der Waals surface area contributed by atoms with Crippen LogP contribution in [0.5, 0.6) is 0 Å². The second-order valence-electron chi connectivity index (χ2n) is 5.67. The first-order valence-corrected chi connectivity index (χ1v) is 6.89. The first-order valence-electron chi connectivity index (χ1n) is 6.89. The third-order valence-electron chi connectivity index (χ3n) is 4.14. The van der Waals surface area contributed by atoms with Gasteiger partial charge in [0, 0.05) is 19.8 Å². The smallest absolute Gasteiger partial charge is 0.272 e. The van der Waals surface area contributed by atoms with E-state index in [9.17, 15) is 9.59 Å². The Morgan fingerprint density at radius 1 is 1.48 bits per heavy atom. The van der Waals surface area contributed by atoms with Gasteiger partial charge in [0.15, 0.2) is 0 Å². The van der Waals surface area contributed by atoms with Gasteiger partial charge in [-0.25, -0.2) is 0 Å². The average molecular weight is 293 g/mol. The van der Waals surface area contributed by atoms with Crippen molar-refractivity contribution in [3.05, 3.63) is 18.0 Å². The molecule has 1 atom stereocenters. The SMILES string of the molecule is CNC(=O)C1COC2(CN(C(=O)c3ccn[nH]3)C2)CN1C. The average Bonchev–Trinajstić information content (AvgIpc) is 2.97. The van der Waals surface area contributed by atoms with Crippen molar-refractivity contribution in [3.63, 3.8) is 0 Å². The van der Waals surface area contributed by atoms with Crippen LogP contribution in [0.1, 0.15) is 10.5 Å². The third kappa shape index (κ3) is 2.40. The molecule has 2 aliphatic heterocycles. The molecule has 0 aromatic carbocycles. The Morgan fingerprint density at radius 3 is 2.81 bits per heavy atom. The van der Waals surface area contributed by atoms with Gasteiger partial charge in [-0.3, -0.25) is 19.6 Å². The monoisotopic (exact) mass is 293 g/mol. The van der Waals surface area contributed by atoms with E-state index in [-0.39, 0.29) is 23.5 Å². The van der Waals surface area contributed by atoms with Crippen molar-refractivity contribution < 1.29 is 14.3 Å². The predicted molar refractivity (Wildman–Crippen MR) is 73.7 cm³/mol. The molecule has 1 aromatic rings. The fourth-order valence-electron chi connectivity index (χ4n) is 2.97. The van der Waals surface area contributed by atoms with Gasteiger partial charge in [0.25, 0.3) is 5.91 Å². The van der Waals surface area contributed by atoms with Gasteiger partial charge in [-0.15, -0.1) is 0 Å². The zero-order chi connectivity index (χ0) is 15.0. The molecule has 3 heterocycles. The summed E-state index contributed by atoms with van der Waals surface area (Å²) < 4.78 is 5.88. The van der Waals surface area contributed by atoms with Crippen LogP contribution in [0.3, 0.4) is 0 Å². The molecule has 2 aliphatic rings. The van der Waals surface area contributed by atoms with Crippen molar-refractivity contribution in [2.45, 2.75) is 11.6 Å². The number of ether oxygens (including phenoxy) is 1. The van der Waals surface area contributed by atoms with E-state index in [0.717, 1.165) is 0 Å². The Labute approximate surface area is 122 Å². The predicted octanol–water partition coefficient (Wildman–Crippen LogP) is -1.32. The number of aromatic amines is 1. The molecule has 2 N–H and O–H groups in total. The zero-order valence-corrected chi connectivity index (χ0v) is 12.1. The number of carbonyl (C=O) groups excluding carboxylic acids is 2. The van der Waals surface area contributed by atoms with E-state index in [2.05, 4.69) is 15.5 Å². The highest BCUT2D eigenvalue weighted by Gasteiger charge is 2.51. The van der Waals surface area contributed by atoms with Crippen molar-refractivity contribution in [2.24, 2.45) is 0 Å². The van der Waals surface area contributed by atoms with Gasteiger partial charge in [-0.2, -0.15) is 5.10 Å². The highest BCUT2D eigenvalue weighted by molar-refractivity contribution is 5.93. The van der Waals surface area contributed by atoms with E-state index in [1.54, 1.807) is 24.2 Å². The van der Waals surface area contributed by atoms with E-state index in [1.165, 1.54) is 0 Å². The first-order chi connectivity index (χ1) is 10.0. The number of nitrogens with one attached hydrogen (secondary N) is 2. The summed E-state index contributed by atoms with van der Waals surface area (Å²) in [4.78, 5) is 27.6. The second-order valence-corrected chi connectivity index (χ2v) is 5.67. The second kappa shape index (κ2) is 5.12. The van der Waals surface area contributed by atoms with Gasteiger partial charge in [-0.1, -0.05) is 0 Å². The molecule has 1 spiro atoms. The lowest BCUT2D eigenvalue weighted by molar-refractivity contribution is -0.187. The van der Waals surface area contributed by atoms with Gasteiger partial charge < -0.3 is 15.0 Å². The van der Waals surface area contributed by atoms with Crippen LogP contribution in [-0.4, -0.2) is 83.8 Å². The van der Waals surface area contributed by atoms with Gasteiger partial charge >= 0.3 is 0 Å². The first kappa shape index (κ1) is 14.0. The summed E-state index contributed by atoms with van der Waals surface area (Å²) in [5, 5.41) is 9.09. The van der Waals surface area contributed by atoms with Crippen molar-refractivity contribution in [1.82, 2.24) is 25.3 Å². The summed E-state index contributed by atoms with van der Waals surface area (Å²) in [5.41, 5.74) is 0.131. The summed E-state index contributed by atoms with van der Waals surface area (Å²) >= 11 is 0. The normalized spacial score (nSPS) is 24.7. The van der Waals surface area contributed by atoms with Gasteiger partial charge in [0.2, 0.25) is 5.91 Å². The van der Waals surface area contributed by atoms with Gasteiger partial charge in [-0.05, 0) is 13.1 Å². The highest BCUT2D eigenvalue weighted by Crippen LogP contribution is 2.31. The fourth-order valence-corrected chi connectivity index (χ4v) is 2.97. The van der Waals surface area contributed by atoms with Crippen LogP contribution in [0.2, 0.25) is 0 Å². The molecule has 8 nitrogen and oxygen atoms in total. The maximum Gasteiger partial charge on any atom is 0.272 e. The molecule has 0 aliphatic carbocycles. The standard InChI is InChI=1S/C13H19N5O3/c1-14-11(19)10-5-21-13(6-17(10)2)7-18(8-13)12(20)9-3-4-15-16-9/h3-4,10H,5-8H2,1-2H3,(H,14,19)(H,15,16). The van der Waals surface area contributed by atoms with Crippen LogP contribution in [0.25, 0.3) is 0 Å². The number of aromatic nitrogens is 2. The summed E-state index contributed by atoms with van der Waals surface area (Å²) in [6.45, 7) is 2.06. The summed E-state index contributed by atoms with van der Waals surface area (Å²) in [6.07, 6.45) is 1.56. The van der Waals surface area contributed by atoms with Gasteiger partial charge in [0.1, 0.15) is 17.3 Å². The molecule has 0 bridgehead atoms. The molecule has 0 saturated carbocycles. The molecular weight excluding hydrogens is 274 g/mol. The van der Waals surface area contributed by atoms with E-state index in [4.69, 9.17) is 4.74 Å². The molecule has 114 valence electrons. The fraction of sp³-hybridized carbons (Fsp3) is 0.615. The van der Waals surface area contributed by atoms with E-state index >= 15 is 0 Å². The van der Waals surface area contributed by atoms with Crippen LogP contribution in [0, 0.1) is 0 Å². The minimum Gasteiger partial charge on any atom is -0.368 e. The third-order valence-corrected chi connectivity index (χ3v) is 4.14. The number of likely N-dealkylation sites (N-methyl/N-ethyl adjacent to an activating group) is 2. The quantitative estimate of drug-likeness (QED) is 0.706. The van der Waals surface area contributed by atoms with Gasteiger partial charge in [0.05, 0.1) is 19.7 Å². The van der Waals surface area contributed by atoms with E-state index in [0.29, 0.717) is 31.9 Å². The van der Waals surface area contributed by atoms with Crippen LogP contribution in [0.4, 0.5) is 0 Å². The molecular formula is C13H19N5O3. The van der Waals surface area contributed by atoms with Crippen molar-refractivity contribution >= 4 is 11.8 Å². The molecule has 1 unspecified atom stereocenters. The highest BCUT2D eigenvalue weighted by atomic mass is 16.5. The largest absolute Gasteiger partial charge is 0.368 e. The molecule has 8 heteroatoms. The number of amides is 2. The maximum absolute atomic E-state index is 12.1. The number of nitrogens with zero attached hydrogens (tertiary/aromatic N) is 3. The van der Waals surface area contributed by atoms with Crippen molar-refractivity contribution in [2.75, 3.05) is 40.3 Å². The molecule has 21 heavy (non-hydrogen) atoms. The van der Waals surface area contributed by atoms with E-state index in [1.807, 2.05) is 11.9 Å². The number of hydrogen-bond acceptors (Lipinski definition) is 5. The minimum absolute atomic E-state index is 0.0444. The van der Waals surface area contributed by atoms with Crippen LogP contribution in [0.15, 0.2) is 12.3 Å². The molecule has 0 radical (unpaired) electrons. The number of morpholine rings is 1. The number of carbonyl (C=O) groups is 2.